The van der Waals surface area contributed by atoms with Crippen molar-refractivity contribution in [2.24, 2.45) is 5.73 Å². The molecule has 1 aromatic carbocycles. The van der Waals surface area contributed by atoms with Gasteiger partial charge < -0.3 is 10.5 Å². The molecule has 5 heteroatoms. The summed E-state index contributed by atoms with van der Waals surface area (Å²) in [4.78, 5) is 2.39. The van der Waals surface area contributed by atoms with E-state index in [1.807, 2.05) is 18.2 Å². The molecule has 0 amide bonds. The van der Waals surface area contributed by atoms with Gasteiger partial charge in [-0.1, -0.05) is 34.5 Å². The molecule has 1 saturated heterocycles. The van der Waals surface area contributed by atoms with Crippen LogP contribution in [0.2, 0.25) is 5.02 Å². The van der Waals surface area contributed by atoms with Gasteiger partial charge in [0.05, 0.1) is 18.8 Å². The Kier molecular flexibility index (Phi) is 5.04. The van der Waals surface area contributed by atoms with E-state index in [9.17, 15) is 0 Å². The van der Waals surface area contributed by atoms with Gasteiger partial charge in [-0.3, -0.25) is 4.90 Å². The second kappa shape index (κ2) is 6.35. The van der Waals surface area contributed by atoms with Crippen LogP contribution in [0.4, 0.5) is 0 Å². The Morgan fingerprint density at radius 3 is 3.00 bits per heavy atom. The predicted molar refractivity (Wildman–Crippen MR) is 77.9 cm³/mol. The summed E-state index contributed by atoms with van der Waals surface area (Å²) in [6.45, 7) is 5.31. The Morgan fingerprint density at radius 2 is 2.33 bits per heavy atom. The van der Waals surface area contributed by atoms with Crippen molar-refractivity contribution in [1.82, 2.24) is 4.90 Å². The molecule has 0 aromatic heterocycles. The Bertz CT molecular complexity index is 404. The molecule has 0 aliphatic carbocycles. The van der Waals surface area contributed by atoms with Gasteiger partial charge in [-0.05, 0) is 30.3 Å². The molecule has 3 nitrogen and oxygen atoms in total. The van der Waals surface area contributed by atoms with E-state index < -0.39 is 0 Å². The molecule has 2 unspecified atom stereocenters. The van der Waals surface area contributed by atoms with E-state index in [1.54, 1.807) is 0 Å². The number of rotatable bonds is 3. The molecule has 2 N–H and O–H groups in total. The van der Waals surface area contributed by atoms with Crippen LogP contribution in [0.25, 0.3) is 0 Å². The van der Waals surface area contributed by atoms with Crippen molar-refractivity contribution in [3.8, 4) is 0 Å². The Balaban J connectivity index is 2.38. The number of hydrogen-bond donors (Lipinski definition) is 1. The van der Waals surface area contributed by atoms with Gasteiger partial charge in [-0.25, -0.2) is 0 Å². The minimum Gasteiger partial charge on any atom is -0.374 e. The van der Waals surface area contributed by atoms with Crippen molar-refractivity contribution in [2.45, 2.75) is 19.1 Å². The van der Waals surface area contributed by atoms with Crippen LogP contribution in [0.1, 0.15) is 18.5 Å². The highest BCUT2D eigenvalue weighted by atomic mass is 79.9. The summed E-state index contributed by atoms with van der Waals surface area (Å²) in [7, 11) is 0. The minimum absolute atomic E-state index is 0.0217. The molecule has 2 atom stereocenters. The number of halogens is 2. The number of hydrogen-bond acceptors (Lipinski definition) is 3. The zero-order chi connectivity index (χ0) is 13.1. The lowest BCUT2D eigenvalue weighted by molar-refractivity contribution is -0.0660. The van der Waals surface area contributed by atoms with Crippen molar-refractivity contribution >= 4 is 27.5 Å². The molecule has 0 bridgehead atoms. The lowest BCUT2D eigenvalue weighted by Gasteiger charge is -2.41. The Hall–Kier alpha value is -0.130. The summed E-state index contributed by atoms with van der Waals surface area (Å²) < 4.78 is 6.85. The normalized spacial score (nSPS) is 25.3. The summed E-state index contributed by atoms with van der Waals surface area (Å²) in [5, 5.41) is 0.741. The molecule has 1 aromatic rings. The fourth-order valence-corrected chi connectivity index (χ4v) is 3.14. The summed E-state index contributed by atoms with van der Waals surface area (Å²) in [6, 6.07) is 6.03. The highest BCUT2D eigenvalue weighted by Gasteiger charge is 2.33. The van der Waals surface area contributed by atoms with Crippen LogP contribution in [0.3, 0.4) is 0 Å². The molecule has 1 aliphatic heterocycles. The van der Waals surface area contributed by atoms with E-state index in [0.717, 1.165) is 34.8 Å². The van der Waals surface area contributed by atoms with Gasteiger partial charge in [0.2, 0.25) is 0 Å². The van der Waals surface area contributed by atoms with Crippen LogP contribution in [-0.4, -0.2) is 37.2 Å². The summed E-state index contributed by atoms with van der Waals surface area (Å²) in [5.74, 6) is 0. The number of nitrogens with two attached hydrogens (primary N) is 1. The van der Waals surface area contributed by atoms with Crippen LogP contribution < -0.4 is 5.73 Å². The van der Waals surface area contributed by atoms with Gasteiger partial charge in [0, 0.05) is 22.6 Å². The van der Waals surface area contributed by atoms with Gasteiger partial charge in [0.15, 0.2) is 0 Å². The van der Waals surface area contributed by atoms with Crippen molar-refractivity contribution in [3.63, 3.8) is 0 Å². The lowest BCUT2D eigenvalue weighted by Crippen LogP contribution is -2.48. The van der Waals surface area contributed by atoms with Crippen molar-refractivity contribution in [1.29, 1.82) is 0 Å². The first-order chi connectivity index (χ1) is 8.67. The smallest absolute Gasteiger partial charge is 0.0894 e. The molecule has 1 heterocycles. The standard InChI is InChI=1S/C13H18BrClN2O/c1-2-17-5-6-18-12(8-16)13(17)10-7-9(15)3-4-11(10)14/h3-4,7,12-13H,2,5-6,8,16H2,1H3. The zero-order valence-corrected chi connectivity index (χ0v) is 12.7. The second-order valence-electron chi connectivity index (χ2n) is 4.38. The van der Waals surface area contributed by atoms with Crippen LogP contribution in [0, 0.1) is 0 Å². The lowest BCUT2D eigenvalue weighted by atomic mass is 9.98. The molecule has 18 heavy (non-hydrogen) atoms. The first-order valence-corrected chi connectivity index (χ1v) is 7.35. The first kappa shape index (κ1) is 14.3. The molecular weight excluding hydrogens is 316 g/mol. The molecule has 1 aliphatic rings. The molecule has 2 rings (SSSR count). The third-order valence-electron chi connectivity index (χ3n) is 3.37. The molecule has 0 radical (unpaired) electrons. The van der Waals surface area contributed by atoms with E-state index in [4.69, 9.17) is 22.1 Å². The van der Waals surface area contributed by atoms with E-state index in [1.165, 1.54) is 0 Å². The van der Waals surface area contributed by atoms with Crippen molar-refractivity contribution < 1.29 is 4.74 Å². The van der Waals surface area contributed by atoms with Crippen molar-refractivity contribution in [3.05, 3.63) is 33.3 Å². The number of morpholine rings is 1. The monoisotopic (exact) mass is 332 g/mol. The maximum Gasteiger partial charge on any atom is 0.0894 e. The zero-order valence-electron chi connectivity index (χ0n) is 10.4. The van der Waals surface area contributed by atoms with Gasteiger partial charge in [-0.2, -0.15) is 0 Å². The maximum absolute atomic E-state index is 6.11. The largest absolute Gasteiger partial charge is 0.374 e. The molecule has 1 fully saturated rings. The van der Waals surface area contributed by atoms with Gasteiger partial charge in [0.25, 0.3) is 0 Å². The maximum atomic E-state index is 6.11. The third kappa shape index (κ3) is 2.89. The number of benzene rings is 1. The Morgan fingerprint density at radius 1 is 1.56 bits per heavy atom. The fraction of sp³-hybridized carbons (Fsp3) is 0.538. The number of likely N-dealkylation sites (N-methyl/N-ethyl adjacent to an activating group) is 1. The van der Waals surface area contributed by atoms with Gasteiger partial charge >= 0.3 is 0 Å². The van der Waals surface area contributed by atoms with E-state index in [-0.39, 0.29) is 12.1 Å². The summed E-state index contributed by atoms with van der Waals surface area (Å²) >= 11 is 9.70. The van der Waals surface area contributed by atoms with Crippen LogP contribution in [-0.2, 0) is 4.74 Å². The van der Waals surface area contributed by atoms with Gasteiger partial charge in [0.1, 0.15) is 0 Å². The molecule has 0 spiro atoms. The van der Waals surface area contributed by atoms with E-state index >= 15 is 0 Å². The minimum atomic E-state index is 0.0217. The SMILES string of the molecule is CCN1CCOC(CN)C1c1cc(Cl)ccc1Br. The van der Waals surface area contributed by atoms with Crippen LogP contribution in [0.15, 0.2) is 22.7 Å². The molecular formula is C13H18BrClN2O. The number of ether oxygens (including phenoxy) is 1. The fourth-order valence-electron chi connectivity index (χ4n) is 2.48. The molecule has 100 valence electrons. The summed E-state index contributed by atoms with van der Waals surface area (Å²) in [5.41, 5.74) is 6.99. The average Bonchev–Trinajstić information content (AvgIpc) is 2.40. The average molecular weight is 334 g/mol. The first-order valence-electron chi connectivity index (χ1n) is 6.18. The number of nitrogens with zero attached hydrogens (tertiary/aromatic N) is 1. The van der Waals surface area contributed by atoms with Crippen LogP contribution in [0.5, 0.6) is 0 Å². The van der Waals surface area contributed by atoms with E-state index in [2.05, 4.69) is 27.8 Å². The van der Waals surface area contributed by atoms with Crippen LogP contribution >= 0.6 is 27.5 Å². The highest BCUT2D eigenvalue weighted by molar-refractivity contribution is 9.10. The van der Waals surface area contributed by atoms with E-state index in [0.29, 0.717) is 6.54 Å². The second-order valence-corrected chi connectivity index (χ2v) is 5.67. The van der Waals surface area contributed by atoms with Crippen molar-refractivity contribution in [2.75, 3.05) is 26.2 Å². The summed E-state index contributed by atoms with van der Waals surface area (Å²) in [6.07, 6.45) is 0.0217. The third-order valence-corrected chi connectivity index (χ3v) is 4.33. The topological polar surface area (TPSA) is 38.5 Å². The highest BCUT2D eigenvalue weighted by Crippen LogP contribution is 2.35. The molecule has 0 saturated carbocycles. The Labute approximate surface area is 121 Å². The quantitative estimate of drug-likeness (QED) is 0.924. The van der Waals surface area contributed by atoms with Gasteiger partial charge in [-0.15, -0.1) is 0 Å². The predicted octanol–water partition coefficient (Wildman–Crippen LogP) is 2.82.